The van der Waals surface area contributed by atoms with Gasteiger partial charge in [0.2, 0.25) is 5.91 Å². The molecular weight excluding hydrogens is 356 g/mol. The number of nitrogens with zero attached hydrogens (tertiary/aromatic N) is 1. The van der Waals surface area contributed by atoms with Crippen LogP contribution in [-0.4, -0.2) is 40.5 Å². The van der Waals surface area contributed by atoms with E-state index >= 15 is 0 Å². The number of ether oxygens (including phenoxy) is 1. The van der Waals surface area contributed by atoms with E-state index in [0.29, 0.717) is 23.8 Å². The van der Waals surface area contributed by atoms with E-state index in [0.717, 1.165) is 49.5 Å². The first-order chi connectivity index (χ1) is 13.6. The molecule has 7 nitrogen and oxygen atoms in total. The lowest BCUT2D eigenvalue weighted by Gasteiger charge is -2.31. The molecule has 0 radical (unpaired) electrons. The molecule has 0 aromatic carbocycles. The van der Waals surface area contributed by atoms with Crippen LogP contribution in [0.3, 0.4) is 0 Å². The number of carbonyl (C=O) groups is 2. The Morgan fingerprint density at radius 2 is 2.00 bits per heavy atom. The second kappa shape index (κ2) is 7.91. The summed E-state index contributed by atoms with van der Waals surface area (Å²) in [5, 5.41) is 7.58. The highest BCUT2D eigenvalue weighted by Crippen LogP contribution is 2.32. The van der Waals surface area contributed by atoms with Crippen molar-refractivity contribution in [2.75, 3.05) is 7.11 Å². The molecule has 28 heavy (non-hydrogen) atoms. The Morgan fingerprint density at radius 3 is 2.71 bits per heavy atom. The van der Waals surface area contributed by atoms with Crippen molar-refractivity contribution >= 4 is 22.9 Å². The van der Waals surface area contributed by atoms with Crippen LogP contribution in [0.25, 0.3) is 11.0 Å². The maximum Gasteiger partial charge on any atom is 0.340 e. The van der Waals surface area contributed by atoms with Gasteiger partial charge in [0.1, 0.15) is 5.65 Å². The van der Waals surface area contributed by atoms with E-state index in [2.05, 4.69) is 20.6 Å². The number of pyridine rings is 1. The van der Waals surface area contributed by atoms with Crippen LogP contribution in [0, 0.1) is 0 Å². The number of amides is 1. The van der Waals surface area contributed by atoms with Gasteiger partial charge in [0.05, 0.1) is 18.2 Å². The van der Waals surface area contributed by atoms with Gasteiger partial charge >= 0.3 is 5.97 Å². The number of methoxy groups -OCH3 is 1. The van der Waals surface area contributed by atoms with Crippen LogP contribution in [-0.2, 0) is 16.1 Å². The van der Waals surface area contributed by atoms with Crippen LogP contribution in [0.1, 0.15) is 67.3 Å². The van der Waals surface area contributed by atoms with Crippen LogP contribution in [0.5, 0.6) is 0 Å². The van der Waals surface area contributed by atoms with Gasteiger partial charge in [-0.3, -0.25) is 10.1 Å². The third kappa shape index (κ3) is 3.51. The number of hydrogen-bond donors (Lipinski definition) is 3. The van der Waals surface area contributed by atoms with E-state index in [1.807, 2.05) is 6.07 Å². The standard InChI is InChI=1S/C21H28N4O3/c1-28-19(26)16-13-23-18-17(16)14(8-11-22-18)12-24-21(9-4-5-10-21)20(27)25-15-6-2-3-7-15/h8,11,13,15,24H,2-7,9-10,12H2,1H3,(H,22,23)(H,25,27). The van der Waals surface area contributed by atoms with E-state index < -0.39 is 11.5 Å². The van der Waals surface area contributed by atoms with Crippen LogP contribution < -0.4 is 10.6 Å². The van der Waals surface area contributed by atoms with Gasteiger partial charge in [-0.1, -0.05) is 25.7 Å². The minimum Gasteiger partial charge on any atom is -0.465 e. The number of nitrogens with one attached hydrogen (secondary N) is 3. The zero-order valence-electron chi connectivity index (χ0n) is 16.3. The Hall–Kier alpha value is -2.41. The number of carbonyl (C=O) groups excluding carboxylic acids is 2. The maximum atomic E-state index is 13.1. The minimum absolute atomic E-state index is 0.129. The van der Waals surface area contributed by atoms with Gasteiger partial charge in [0.25, 0.3) is 0 Å². The summed E-state index contributed by atoms with van der Waals surface area (Å²) in [5.74, 6) is -0.264. The van der Waals surface area contributed by atoms with Crippen LogP contribution >= 0.6 is 0 Å². The van der Waals surface area contributed by atoms with E-state index in [1.165, 1.54) is 20.0 Å². The highest BCUT2D eigenvalue weighted by Gasteiger charge is 2.41. The van der Waals surface area contributed by atoms with Crippen molar-refractivity contribution < 1.29 is 14.3 Å². The smallest absolute Gasteiger partial charge is 0.340 e. The van der Waals surface area contributed by atoms with Crippen molar-refractivity contribution in [2.24, 2.45) is 0 Å². The average Bonchev–Trinajstić information content (AvgIpc) is 3.46. The number of H-pyrrole nitrogens is 1. The summed E-state index contributed by atoms with van der Waals surface area (Å²) >= 11 is 0. The van der Waals surface area contributed by atoms with Gasteiger partial charge in [0.15, 0.2) is 0 Å². The van der Waals surface area contributed by atoms with Gasteiger partial charge in [-0.05, 0) is 37.3 Å². The highest BCUT2D eigenvalue weighted by atomic mass is 16.5. The monoisotopic (exact) mass is 384 g/mol. The van der Waals surface area contributed by atoms with Crippen LogP contribution in [0.2, 0.25) is 0 Å². The van der Waals surface area contributed by atoms with Crippen molar-refractivity contribution in [3.63, 3.8) is 0 Å². The lowest BCUT2D eigenvalue weighted by molar-refractivity contribution is -0.128. The van der Waals surface area contributed by atoms with Crippen LogP contribution in [0.15, 0.2) is 18.5 Å². The van der Waals surface area contributed by atoms with Crippen molar-refractivity contribution in [2.45, 2.75) is 69.5 Å². The van der Waals surface area contributed by atoms with Gasteiger partial charge in [0, 0.05) is 30.4 Å². The Kier molecular flexibility index (Phi) is 5.35. The van der Waals surface area contributed by atoms with Gasteiger partial charge in [-0.15, -0.1) is 0 Å². The molecule has 0 unspecified atom stereocenters. The summed E-state index contributed by atoms with van der Waals surface area (Å²) in [6.45, 7) is 0.499. The fourth-order valence-corrected chi connectivity index (χ4v) is 4.66. The van der Waals surface area contributed by atoms with E-state index in [-0.39, 0.29) is 5.91 Å². The maximum absolute atomic E-state index is 13.1. The lowest BCUT2D eigenvalue weighted by Crippen LogP contribution is -2.56. The first kappa shape index (κ1) is 18.9. The van der Waals surface area contributed by atoms with E-state index in [1.54, 1.807) is 12.4 Å². The molecule has 2 heterocycles. The summed E-state index contributed by atoms with van der Waals surface area (Å²) in [4.78, 5) is 32.6. The molecule has 2 fully saturated rings. The quantitative estimate of drug-likeness (QED) is 0.666. The minimum atomic E-state index is -0.528. The molecule has 2 saturated carbocycles. The predicted molar refractivity (Wildman–Crippen MR) is 106 cm³/mol. The largest absolute Gasteiger partial charge is 0.465 e. The first-order valence-corrected chi connectivity index (χ1v) is 10.2. The summed E-state index contributed by atoms with van der Waals surface area (Å²) in [6.07, 6.45) is 11.7. The topological polar surface area (TPSA) is 96.1 Å². The van der Waals surface area contributed by atoms with Gasteiger partial charge < -0.3 is 15.0 Å². The molecule has 1 amide bonds. The molecule has 7 heteroatoms. The molecule has 3 N–H and O–H groups in total. The molecule has 0 bridgehead atoms. The summed E-state index contributed by atoms with van der Waals surface area (Å²) in [5.41, 5.74) is 1.53. The van der Waals surface area contributed by atoms with Crippen molar-refractivity contribution in [3.8, 4) is 0 Å². The molecule has 2 aliphatic rings. The number of rotatable bonds is 6. The SMILES string of the molecule is COC(=O)c1c[nH]c2nccc(CNC3(C(=O)NC4CCCC4)CCCC3)c12. The molecule has 2 aromatic rings. The molecular formula is C21H28N4O3. The third-order valence-electron chi connectivity index (χ3n) is 6.26. The number of aromatic nitrogens is 2. The second-order valence-corrected chi connectivity index (χ2v) is 7.99. The average molecular weight is 384 g/mol. The van der Waals surface area contributed by atoms with Crippen LogP contribution in [0.4, 0.5) is 0 Å². The normalized spacial score (nSPS) is 19.2. The Balaban J connectivity index is 1.55. The molecule has 2 aliphatic carbocycles. The highest BCUT2D eigenvalue weighted by molar-refractivity contribution is 6.04. The molecule has 0 saturated heterocycles. The van der Waals surface area contributed by atoms with Gasteiger partial charge in [-0.25, -0.2) is 9.78 Å². The molecule has 0 atom stereocenters. The molecule has 4 rings (SSSR count). The molecule has 0 spiro atoms. The number of hydrogen-bond acceptors (Lipinski definition) is 5. The number of esters is 1. The fraction of sp³-hybridized carbons (Fsp3) is 0.571. The second-order valence-electron chi connectivity index (χ2n) is 7.99. The summed E-state index contributed by atoms with van der Waals surface area (Å²) < 4.78 is 4.90. The van der Waals surface area contributed by atoms with E-state index in [4.69, 9.17) is 4.74 Å². The fourth-order valence-electron chi connectivity index (χ4n) is 4.66. The summed E-state index contributed by atoms with van der Waals surface area (Å²) in [6, 6.07) is 2.21. The first-order valence-electron chi connectivity index (χ1n) is 10.2. The number of aromatic amines is 1. The molecule has 0 aliphatic heterocycles. The van der Waals surface area contributed by atoms with Crippen molar-refractivity contribution in [1.82, 2.24) is 20.6 Å². The third-order valence-corrected chi connectivity index (χ3v) is 6.26. The zero-order valence-corrected chi connectivity index (χ0v) is 16.3. The number of fused-ring (bicyclic) bond motifs is 1. The predicted octanol–water partition coefficient (Wildman–Crippen LogP) is 2.81. The zero-order chi connectivity index (χ0) is 19.6. The Morgan fingerprint density at radius 1 is 1.25 bits per heavy atom. The molecule has 2 aromatic heterocycles. The van der Waals surface area contributed by atoms with E-state index in [9.17, 15) is 9.59 Å². The van der Waals surface area contributed by atoms with Crippen molar-refractivity contribution in [1.29, 1.82) is 0 Å². The van der Waals surface area contributed by atoms with Crippen molar-refractivity contribution in [3.05, 3.63) is 29.6 Å². The molecule has 150 valence electrons. The Bertz CT molecular complexity index is 864. The lowest BCUT2D eigenvalue weighted by atomic mass is 9.94. The van der Waals surface area contributed by atoms with Gasteiger partial charge in [-0.2, -0.15) is 0 Å². The summed E-state index contributed by atoms with van der Waals surface area (Å²) in [7, 11) is 1.37. The Labute approximate surface area is 164 Å².